The number of hydrogen-bond donors (Lipinski definition) is 5. The molecule has 0 radical (unpaired) electrons. The third kappa shape index (κ3) is 4.10. The van der Waals surface area contributed by atoms with Gasteiger partial charge in [-0.25, -0.2) is 4.79 Å². The SMILES string of the molecule is COc1ccc(-c2coc3cc(O[C@H]4O[C@H](C(=O)O)[C@@H](O)[C@H](O)[C@H]4O)ccc3c2=O)cc1O. The van der Waals surface area contributed by atoms with Crippen molar-refractivity contribution < 1.29 is 49.0 Å². The van der Waals surface area contributed by atoms with Gasteiger partial charge in [0, 0.05) is 6.07 Å². The van der Waals surface area contributed by atoms with Crippen molar-refractivity contribution in [3.63, 3.8) is 0 Å². The minimum atomic E-state index is -1.84. The third-order valence-electron chi connectivity index (χ3n) is 5.30. The molecule has 1 aliphatic rings. The predicted octanol–water partition coefficient (Wildman–Crippen LogP) is 0.445. The zero-order valence-corrected chi connectivity index (χ0v) is 17.1. The van der Waals surface area contributed by atoms with E-state index in [0.29, 0.717) is 5.56 Å². The van der Waals surface area contributed by atoms with Crippen molar-refractivity contribution in [2.45, 2.75) is 30.7 Å². The van der Waals surface area contributed by atoms with E-state index in [1.807, 2.05) is 0 Å². The lowest BCUT2D eigenvalue weighted by Crippen LogP contribution is -2.61. The fourth-order valence-electron chi connectivity index (χ4n) is 3.52. The van der Waals surface area contributed by atoms with Gasteiger partial charge >= 0.3 is 5.97 Å². The Bertz CT molecular complexity index is 1250. The monoisotopic (exact) mass is 460 g/mol. The fourth-order valence-corrected chi connectivity index (χ4v) is 3.52. The summed E-state index contributed by atoms with van der Waals surface area (Å²) in [6, 6.07) is 8.57. The summed E-state index contributed by atoms with van der Waals surface area (Å²) >= 11 is 0. The second-order valence-electron chi connectivity index (χ2n) is 7.38. The van der Waals surface area contributed by atoms with Gasteiger partial charge in [-0.05, 0) is 29.8 Å². The van der Waals surface area contributed by atoms with Gasteiger partial charge in [0.2, 0.25) is 6.29 Å². The van der Waals surface area contributed by atoms with Crippen LogP contribution in [0.15, 0.2) is 51.9 Å². The van der Waals surface area contributed by atoms with Crippen molar-refractivity contribution >= 4 is 16.9 Å². The van der Waals surface area contributed by atoms with Crippen LogP contribution in [0.25, 0.3) is 22.1 Å². The van der Waals surface area contributed by atoms with E-state index in [1.54, 1.807) is 6.07 Å². The third-order valence-corrected chi connectivity index (χ3v) is 5.30. The van der Waals surface area contributed by atoms with Crippen LogP contribution >= 0.6 is 0 Å². The van der Waals surface area contributed by atoms with Gasteiger partial charge in [-0.2, -0.15) is 0 Å². The first-order valence-corrected chi connectivity index (χ1v) is 9.73. The highest BCUT2D eigenvalue weighted by atomic mass is 16.7. The molecule has 2 heterocycles. The number of fused-ring (bicyclic) bond motifs is 1. The van der Waals surface area contributed by atoms with E-state index in [4.69, 9.17) is 23.7 Å². The van der Waals surface area contributed by atoms with E-state index >= 15 is 0 Å². The second-order valence-corrected chi connectivity index (χ2v) is 7.38. The Labute approximate surface area is 185 Å². The summed E-state index contributed by atoms with van der Waals surface area (Å²) in [6.07, 6.45) is -7.59. The summed E-state index contributed by atoms with van der Waals surface area (Å²) in [5.74, 6) is -1.38. The van der Waals surface area contributed by atoms with E-state index in [2.05, 4.69) is 0 Å². The first-order valence-electron chi connectivity index (χ1n) is 9.73. The minimum absolute atomic E-state index is 0.0530. The summed E-state index contributed by atoms with van der Waals surface area (Å²) in [6.45, 7) is 0. The molecule has 3 aromatic rings. The molecule has 0 saturated carbocycles. The van der Waals surface area contributed by atoms with Gasteiger partial charge in [-0.15, -0.1) is 0 Å². The van der Waals surface area contributed by atoms with Gasteiger partial charge < -0.3 is 44.2 Å². The highest BCUT2D eigenvalue weighted by Gasteiger charge is 2.48. The maximum Gasteiger partial charge on any atom is 0.335 e. The van der Waals surface area contributed by atoms with Gasteiger partial charge in [0.05, 0.1) is 18.1 Å². The molecule has 11 nitrogen and oxygen atoms in total. The van der Waals surface area contributed by atoms with Crippen molar-refractivity contribution in [2.24, 2.45) is 0 Å². The molecule has 1 aliphatic heterocycles. The number of carboxylic acid groups (broad SMARTS) is 1. The molecule has 0 amide bonds. The Morgan fingerprint density at radius 2 is 1.79 bits per heavy atom. The number of phenolic OH excluding ortho intramolecular Hbond substituents is 1. The molecule has 1 fully saturated rings. The summed E-state index contributed by atoms with van der Waals surface area (Å²) in [4.78, 5) is 24.2. The normalized spacial score (nSPS) is 25.0. The van der Waals surface area contributed by atoms with Gasteiger partial charge in [0.1, 0.15) is 35.9 Å². The number of carbonyl (C=O) groups is 1. The number of hydrogen-bond acceptors (Lipinski definition) is 10. The summed E-state index contributed by atoms with van der Waals surface area (Å²) in [5, 5.41) is 49.1. The average Bonchev–Trinajstić information content (AvgIpc) is 2.79. The fraction of sp³-hybridized carbons (Fsp3) is 0.273. The lowest BCUT2D eigenvalue weighted by molar-refractivity contribution is -0.271. The molecule has 0 aliphatic carbocycles. The van der Waals surface area contributed by atoms with Crippen molar-refractivity contribution in [1.82, 2.24) is 0 Å². The molecule has 0 spiro atoms. The van der Waals surface area contributed by atoms with Crippen LogP contribution in [0.3, 0.4) is 0 Å². The number of aromatic hydroxyl groups is 1. The molecule has 2 aromatic carbocycles. The van der Waals surface area contributed by atoms with Crippen LogP contribution in [0, 0.1) is 0 Å². The molecule has 1 aromatic heterocycles. The molecule has 0 unspecified atom stereocenters. The Kier molecular flexibility index (Phi) is 5.95. The lowest BCUT2D eigenvalue weighted by Gasteiger charge is -2.38. The summed E-state index contributed by atoms with van der Waals surface area (Å²) < 4.78 is 21.1. The molecule has 33 heavy (non-hydrogen) atoms. The smallest absolute Gasteiger partial charge is 0.335 e. The Hall–Kier alpha value is -3.64. The van der Waals surface area contributed by atoms with E-state index in [1.165, 1.54) is 43.7 Å². The molecule has 11 heteroatoms. The van der Waals surface area contributed by atoms with E-state index in [-0.39, 0.29) is 39.2 Å². The maximum atomic E-state index is 12.9. The minimum Gasteiger partial charge on any atom is -0.504 e. The Morgan fingerprint density at radius 3 is 2.45 bits per heavy atom. The van der Waals surface area contributed by atoms with Crippen LogP contribution < -0.4 is 14.9 Å². The number of aliphatic hydroxyl groups is 3. The van der Waals surface area contributed by atoms with Crippen molar-refractivity contribution in [1.29, 1.82) is 0 Å². The number of methoxy groups -OCH3 is 1. The van der Waals surface area contributed by atoms with Gasteiger partial charge in [0.25, 0.3) is 0 Å². The van der Waals surface area contributed by atoms with Gasteiger partial charge in [0.15, 0.2) is 23.0 Å². The van der Waals surface area contributed by atoms with Crippen LogP contribution in [0.4, 0.5) is 0 Å². The van der Waals surface area contributed by atoms with E-state index in [0.717, 1.165) is 0 Å². The number of benzene rings is 2. The molecule has 0 bridgehead atoms. The number of phenols is 1. The number of carboxylic acids is 1. The molecular formula is C22H20O11. The predicted molar refractivity (Wildman–Crippen MR) is 111 cm³/mol. The van der Waals surface area contributed by atoms with Crippen LogP contribution in [-0.2, 0) is 9.53 Å². The Balaban J connectivity index is 1.63. The first kappa shape index (κ1) is 22.6. The average molecular weight is 460 g/mol. The van der Waals surface area contributed by atoms with Crippen LogP contribution in [0.5, 0.6) is 17.2 Å². The first-order chi connectivity index (χ1) is 15.7. The standard InChI is InChI=1S/C22H20O11/c1-30-14-5-2-9(6-13(14)23)12-8-31-15-7-10(3-4-11(15)16(12)24)32-22-19(27)17(25)18(26)20(33-22)21(28)29/h2-8,17-20,22-23,25-27H,1H3,(H,28,29)/t17-,18-,19+,20-,22-/m0/s1. The van der Waals surface area contributed by atoms with Gasteiger partial charge in [-0.1, -0.05) is 6.07 Å². The number of aliphatic hydroxyl groups excluding tert-OH is 3. The van der Waals surface area contributed by atoms with Crippen LogP contribution in [-0.4, -0.2) is 69.3 Å². The number of ether oxygens (including phenoxy) is 3. The molecule has 1 saturated heterocycles. The van der Waals surface area contributed by atoms with Crippen molar-refractivity contribution in [2.75, 3.05) is 7.11 Å². The van der Waals surface area contributed by atoms with Crippen LogP contribution in [0.1, 0.15) is 0 Å². The van der Waals surface area contributed by atoms with Crippen LogP contribution in [0.2, 0.25) is 0 Å². The zero-order chi connectivity index (χ0) is 23.9. The van der Waals surface area contributed by atoms with Crippen molar-refractivity contribution in [3.05, 3.63) is 52.9 Å². The second kappa shape index (κ2) is 8.71. The molecule has 5 N–H and O–H groups in total. The quantitative estimate of drug-likeness (QED) is 0.357. The topological polar surface area (TPSA) is 176 Å². The zero-order valence-electron chi connectivity index (χ0n) is 17.1. The maximum absolute atomic E-state index is 12.9. The van der Waals surface area contributed by atoms with E-state index in [9.17, 15) is 30.0 Å². The molecular weight excluding hydrogens is 440 g/mol. The largest absolute Gasteiger partial charge is 0.504 e. The Morgan fingerprint density at radius 1 is 1.03 bits per heavy atom. The number of rotatable bonds is 5. The highest BCUT2D eigenvalue weighted by Crippen LogP contribution is 2.32. The highest BCUT2D eigenvalue weighted by molar-refractivity contribution is 5.83. The molecule has 4 rings (SSSR count). The molecule has 174 valence electrons. The molecule has 5 atom stereocenters. The number of aliphatic carboxylic acids is 1. The summed E-state index contributed by atoms with van der Waals surface area (Å²) in [7, 11) is 1.40. The van der Waals surface area contributed by atoms with Crippen molar-refractivity contribution in [3.8, 4) is 28.4 Å². The summed E-state index contributed by atoms with van der Waals surface area (Å²) in [5.41, 5.74) is 0.349. The van der Waals surface area contributed by atoms with E-state index < -0.39 is 36.7 Å². The lowest BCUT2D eigenvalue weighted by atomic mass is 9.99. The van der Waals surface area contributed by atoms with Gasteiger partial charge in [-0.3, -0.25) is 4.79 Å².